The van der Waals surface area contributed by atoms with Gasteiger partial charge in [0.1, 0.15) is 0 Å². The second-order valence-corrected chi connectivity index (χ2v) is 5.91. The molecule has 23 heavy (non-hydrogen) atoms. The average Bonchev–Trinajstić information content (AvgIpc) is 2.42. The zero-order valence-electron chi connectivity index (χ0n) is 14.6. The zero-order valence-corrected chi connectivity index (χ0v) is 15.4. The number of benzene rings is 1. The van der Waals surface area contributed by atoms with Crippen LogP contribution in [0, 0.1) is 20.8 Å². The molecule has 0 spiro atoms. The van der Waals surface area contributed by atoms with Gasteiger partial charge in [-0.3, -0.25) is 9.59 Å². The Morgan fingerprint density at radius 3 is 2.22 bits per heavy atom. The summed E-state index contributed by atoms with van der Waals surface area (Å²) in [7, 11) is 1.60. The summed E-state index contributed by atoms with van der Waals surface area (Å²) in [6, 6.07) is 3.51. The lowest BCUT2D eigenvalue weighted by Crippen LogP contribution is -2.44. The maximum Gasteiger partial charge on any atom is 0.243 e. The van der Waals surface area contributed by atoms with Gasteiger partial charge < -0.3 is 16.0 Å². The minimum absolute atomic E-state index is 0. The van der Waals surface area contributed by atoms with Gasteiger partial charge in [-0.1, -0.05) is 31.0 Å². The number of carbonyl (C=O) groups excluding carboxylic acids is 2. The lowest BCUT2D eigenvalue weighted by Gasteiger charge is -2.21. The van der Waals surface area contributed by atoms with Crippen molar-refractivity contribution in [2.45, 2.75) is 46.6 Å². The van der Waals surface area contributed by atoms with E-state index >= 15 is 0 Å². The average molecular weight is 342 g/mol. The monoisotopic (exact) mass is 341 g/mol. The van der Waals surface area contributed by atoms with Crippen LogP contribution in [0.4, 0.5) is 5.69 Å². The van der Waals surface area contributed by atoms with Crippen LogP contribution < -0.4 is 11.1 Å². The first kappa shape index (κ1) is 21.4. The largest absolute Gasteiger partial charge is 0.335 e. The predicted molar refractivity (Wildman–Crippen MR) is 97.1 cm³/mol. The highest BCUT2D eigenvalue weighted by atomic mass is 35.5. The second kappa shape index (κ2) is 9.53. The lowest BCUT2D eigenvalue weighted by atomic mass is 10.1. The maximum absolute atomic E-state index is 12.2. The van der Waals surface area contributed by atoms with Crippen molar-refractivity contribution < 1.29 is 9.59 Å². The SMILES string of the molecule is CCCC(N)C(=O)N(C)CC(=O)Nc1c(C)cc(C)cc1C.Cl. The molecule has 0 aliphatic rings. The van der Waals surface area contributed by atoms with Crippen molar-refractivity contribution in [2.24, 2.45) is 5.73 Å². The summed E-state index contributed by atoms with van der Waals surface area (Å²) in [5, 5.41) is 2.89. The van der Waals surface area contributed by atoms with E-state index in [0.29, 0.717) is 6.42 Å². The van der Waals surface area contributed by atoms with E-state index < -0.39 is 6.04 Å². The molecule has 2 amide bonds. The summed E-state index contributed by atoms with van der Waals surface area (Å²) in [4.78, 5) is 25.6. The van der Waals surface area contributed by atoms with E-state index in [-0.39, 0.29) is 30.8 Å². The Hall–Kier alpha value is -1.59. The normalized spacial score (nSPS) is 11.4. The second-order valence-electron chi connectivity index (χ2n) is 5.91. The Bertz CT molecular complexity index is 538. The molecule has 0 aromatic heterocycles. The Balaban J connectivity index is 0.00000484. The van der Waals surface area contributed by atoms with Gasteiger partial charge in [0, 0.05) is 12.7 Å². The topological polar surface area (TPSA) is 75.4 Å². The van der Waals surface area contributed by atoms with Gasteiger partial charge in [-0.25, -0.2) is 0 Å². The van der Waals surface area contributed by atoms with Crippen LogP contribution in [0.25, 0.3) is 0 Å². The molecule has 3 N–H and O–H groups in total. The third-order valence-electron chi connectivity index (χ3n) is 3.62. The van der Waals surface area contributed by atoms with Crippen LogP contribution in [-0.4, -0.2) is 36.3 Å². The fourth-order valence-electron chi connectivity index (χ4n) is 2.57. The van der Waals surface area contributed by atoms with Crippen LogP contribution in [0.1, 0.15) is 36.5 Å². The van der Waals surface area contributed by atoms with Gasteiger partial charge >= 0.3 is 0 Å². The molecule has 0 saturated heterocycles. The fourth-order valence-corrected chi connectivity index (χ4v) is 2.57. The van der Waals surface area contributed by atoms with E-state index in [9.17, 15) is 9.59 Å². The summed E-state index contributed by atoms with van der Waals surface area (Å²) in [6.07, 6.45) is 1.47. The summed E-state index contributed by atoms with van der Waals surface area (Å²) in [5.74, 6) is -0.413. The smallest absolute Gasteiger partial charge is 0.243 e. The summed E-state index contributed by atoms with van der Waals surface area (Å²) < 4.78 is 0. The summed E-state index contributed by atoms with van der Waals surface area (Å²) in [6.45, 7) is 7.92. The Kier molecular flexibility index (Phi) is 8.87. The number of aryl methyl sites for hydroxylation is 3. The van der Waals surface area contributed by atoms with Gasteiger partial charge in [-0.15, -0.1) is 12.4 Å². The molecule has 0 saturated carbocycles. The van der Waals surface area contributed by atoms with Gasteiger partial charge in [-0.05, 0) is 38.3 Å². The van der Waals surface area contributed by atoms with Crippen LogP contribution >= 0.6 is 12.4 Å². The van der Waals surface area contributed by atoms with E-state index in [4.69, 9.17) is 5.73 Å². The van der Waals surface area contributed by atoms with Crippen molar-refractivity contribution in [2.75, 3.05) is 18.9 Å². The molecule has 0 heterocycles. The Morgan fingerprint density at radius 2 is 1.74 bits per heavy atom. The van der Waals surface area contributed by atoms with Crippen molar-refractivity contribution >= 4 is 29.9 Å². The van der Waals surface area contributed by atoms with E-state index in [1.54, 1.807) is 7.05 Å². The third-order valence-corrected chi connectivity index (χ3v) is 3.62. The number of hydrogen-bond acceptors (Lipinski definition) is 3. The highest BCUT2D eigenvalue weighted by molar-refractivity contribution is 5.96. The molecular weight excluding hydrogens is 314 g/mol. The molecule has 0 aliphatic heterocycles. The first-order valence-corrected chi connectivity index (χ1v) is 7.64. The fraction of sp³-hybridized carbons (Fsp3) is 0.529. The molecule has 1 unspecified atom stereocenters. The van der Waals surface area contributed by atoms with Crippen LogP contribution in [0.15, 0.2) is 12.1 Å². The molecule has 1 rings (SSSR count). The standard InChI is InChI=1S/C17H27N3O2.ClH/c1-6-7-14(18)17(22)20(5)10-15(21)19-16-12(3)8-11(2)9-13(16)4;/h8-9,14H,6-7,10,18H2,1-5H3,(H,19,21);1H. The first-order chi connectivity index (χ1) is 10.3. The third kappa shape index (κ3) is 6.20. The van der Waals surface area contributed by atoms with Crippen molar-refractivity contribution in [3.8, 4) is 0 Å². The van der Waals surface area contributed by atoms with Crippen molar-refractivity contribution in [3.63, 3.8) is 0 Å². The Morgan fingerprint density at radius 1 is 1.22 bits per heavy atom. The number of rotatable bonds is 6. The lowest BCUT2D eigenvalue weighted by molar-refractivity contribution is -0.134. The summed E-state index contributed by atoms with van der Waals surface area (Å²) in [5.41, 5.74) is 9.80. The van der Waals surface area contributed by atoms with Crippen molar-refractivity contribution in [1.29, 1.82) is 0 Å². The zero-order chi connectivity index (χ0) is 16.9. The number of nitrogens with two attached hydrogens (primary N) is 1. The number of nitrogens with zero attached hydrogens (tertiary/aromatic N) is 1. The van der Waals surface area contributed by atoms with Gasteiger partial charge in [0.15, 0.2) is 0 Å². The molecule has 5 nitrogen and oxygen atoms in total. The first-order valence-electron chi connectivity index (χ1n) is 7.64. The van der Waals surface area contributed by atoms with Gasteiger partial charge in [0.2, 0.25) is 11.8 Å². The number of nitrogens with one attached hydrogen (secondary N) is 1. The number of anilines is 1. The van der Waals surface area contributed by atoms with Crippen LogP contribution in [0.3, 0.4) is 0 Å². The highest BCUT2D eigenvalue weighted by Gasteiger charge is 2.19. The number of carbonyl (C=O) groups is 2. The molecular formula is C17H28ClN3O2. The van der Waals surface area contributed by atoms with E-state index in [2.05, 4.69) is 5.32 Å². The number of likely N-dealkylation sites (N-methyl/N-ethyl adjacent to an activating group) is 1. The van der Waals surface area contributed by atoms with Crippen molar-refractivity contribution in [3.05, 3.63) is 28.8 Å². The minimum Gasteiger partial charge on any atom is -0.335 e. The molecule has 130 valence electrons. The molecule has 1 atom stereocenters. The molecule has 0 radical (unpaired) electrons. The van der Waals surface area contributed by atoms with Crippen LogP contribution in [0.5, 0.6) is 0 Å². The van der Waals surface area contributed by atoms with Crippen LogP contribution in [-0.2, 0) is 9.59 Å². The number of amides is 2. The van der Waals surface area contributed by atoms with Crippen molar-refractivity contribution in [1.82, 2.24) is 4.90 Å². The predicted octanol–water partition coefficient (Wildman–Crippen LogP) is 2.56. The maximum atomic E-state index is 12.2. The van der Waals surface area contributed by atoms with E-state index in [1.165, 1.54) is 4.90 Å². The molecule has 0 fully saturated rings. The van der Waals surface area contributed by atoms with Gasteiger partial charge in [0.25, 0.3) is 0 Å². The van der Waals surface area contributed by atoms with Gasteiger partial charge in [0.05, 0.1) is 12.6 Å². The van der Waals surface area contributed by atoms with Crippen LogP contribution in [0.2, 0.25) is 0 Å². The molecule has 0 aliphatic carbocycles. The van der Waals surface area contributed by atoms with Gasteiger partial charge in [-0.2, -0.15) is 0 Å². The highest BCUT2D eigenvalue weighted by Crippen LogP contribution is 2.21. The minimum atomic E-state index is -0.536. The molecule has 6 heteroatoms. The number of hydrogen-bond donors (Lipinski definition) is 2. The quantitative estimate of drug-likeness (QED) is 0.835. The van der Waals surface area contributed by atoms with E-state index in [1.807, 2.05) is 39.8 Å². The molecule has 1 aromatic carbocycles. The molecule has 0 bridgehead atoms. The number of halogens is 1. The molecule has 1 aromatic rings. The summed E-state index contributed by atoms with van der Waals surface area (Å²) >= 11 is 0. The Labute approximate surface area is 145 Å². The van der Waals surface area contributed by atoms with E-state index in [0.717, 1.165) is 28.8 Å².